The van der Waals surface area contributed by atoms with Gasteiger partial charge in [-0.05, 0) is 12.8 Å². The van der Waals surface area contributed by atoms with E-state index in [1.54, 1.807) is 0 Å². The highest BCUT2D eigenvalue weighted by molar-refractivity contribution is 8.00. The molecule has 0 aliphatic carbocycles. The van der Waals surface area contributed by atoms with Gasteiger partial charge in [0, 0.05) is 49.9 Å². The molecule has 220 valence electrons. The Morgan fingerprint density at radius 2 is 1.64 bits per heavy atom. The normalized spacial score (nSPS) is 24.3. The second kappa shape index (κ2) is 16.9. The molecule has 0 radical (unpaired) electrons. The SMILES string of the molecule is O=C1CC(S)C(=O)N(CCC(=O)NCCOCCOCCNC(=O)CCCCCC2SCC3NC(=O)NC32)C1. The number of unbranched alkanes of at least 4 members (excludes halogenated alkanes) is 2. The van der Waals surface area contributed by atoms with E-state index in [1.807, 2.05) is 11.8 Å². The molecule has 4 atom stereocenters. The predicted molar refractivity (Wildman–Crippen MR) is 150 cm³/mol. The molecule has 0 saturated carbocycles. The van der Waals surface area contributed by atoms with Crippen LogP contribution in [0, 0.1) is 0 Å². The molecule has 3 heterocycles. The van der Waals surface area contributed by atoms with E-state index in [4.69, 9.17) is 9.47 Å². The molecule has 3 aliphatic rings. The van der Waals surface area contributed by atoms with Crippen LogP contribution in [0.2, 0.25) is 0 Å². The number of Topliss-reactive ketones (excluding diaryl/α,β-unsaturated/α-hetero) is 1. The zero-order valence-corrected chi connectivity index (χ0v) is 24.0. The Labute approximate surface area is 239 Å². The molecule has 0 bridgehead atoms. The number of ether oxygens (including phenoxy) is 2. The van der Waals surface area contributed by atoms with Crippen LogP contribution >= 0.6 is 24.4 Å². The topological polar surface area (TPSA) is 155 Å². The van der Waals surface area contributed by atoms with Crippen molar-refractivity contribution >= 4 is 53.9 Å². The third-order valence-corrected chi connectivity index (χ3v) is 8.75. The summed E-state index contributed by atoms with van der Waals surface area (Å²) in [4.78, 5) is 60.3. The molecule has 0 aromatic rings. The molecule has 3 aliphatic heterocycles. The molecule has 39 heavy (non-hydrogen) atoms. The van der Waals surface area contributed by atoms with Crippen LogP contribution in [0.5, 0.6) is 0 Å². The van der Waals surface area contributed by atoms with Gasteiger partial charge in [-0.2, -0.15) is 24.4 Å². The van der Waals surface area contributed by atoms with Gasteiger partial charge in [0.15, 0.2) is 5.78 Å². The Bertz CT molecular complexity index is 865. The van der Waals surface area contributed by atoms with Crippen molar-refractivity contribution in [2.75, 3.05) is 58.4 Å². The maximum absolute atomic E-state index is 12.0. The second-order valence-corrected chi connectivity index (χ2v) is 11.8. The quantitative estimate of drug-likeness (QED) is 0.0843. The summed E-state index contributed by atoms with van der Waals surface area (Å²) in [6, 6.07) is 0.438. The molecule has 0 aromatic heterocycles. The van der Waals surface area contributed by atoms with Crippen molar-refractivity contribution in [3.63, 3.8) is 0 Å². The zero-order chi connectivity index (χ0) is 28.0. The Balaban J connectivity index is 1.06. The average Bonchev–Trinajstić information content (AvgIpc) is 3.45. The first kappa shape index (κ1) is 31.5. The minimum Gasteiger partial charge on any atom is -0.377 e. The lowest BCUT2D eigenvalue weighted by atomic mass is 10.0. The van der Waals surface area contributed by atoms with Gasteiger partial charge in [0.25, 0.3) is 0 Å². The molecule has 4 N–H and O–H groups in total. The Kier molecular flexibility index (Phi) is 13.7. The summed E-state index contributed by atoms with van der Waals surface area (Å²) in [6.45, 7) is 2.51. The van der Waals surface area contributed by atoms with Crippen molar-refractivity contribution in [3.8, 4) is 0 Å². The summed E-state index contributed by atoms with van der Waals surface area (Å²) in [5.41, 5.74) is 0. The predicted octanol–water partition coefficient (Wildman–Crippen LogP) is -0.142. The van der Waals surface area contributed by atoms with Gasteiger partial charge in [0.1, 0.15) is 0 Å². The number of carbonyl (C=O) groups is 5. The summed E-state index contributed by atoms with van der Waals surface area (Å²) in [5, 5.41) is 11.4. The van der Waals surface area contributed by atoms with E-state index in [0.29, 0.717) is 51.2 Å². The van der Waals surface area contributed by atoms with Crippen molar-refractivity contribution in [3.05, 3.63) is 0 Å². The van der Waals surface area contributed by atoms with E-state index in [2.05, 4.69) is 33.9 Å². The van der Waals surface area contributed by atoms with Crippen molar-refractivity contribution in [1.82, 2.24) is 26.2 Å². The molecule has 4 unspecified atom stereocenters. The third kappa shape index (κ3) is 11.2. The number of ketones is 1. The van der Waals surface area contributed by atoms with Crippen LogP contribution in [0.15, 0.2) is 0 Å². The molecule has 5 amide bonds. The summed E-state index contributed by atoms with van der Waals surface area (Å²) in [5.74, 6) is 0.518. The van der Waals surface area contributed by atoms with E-state index in [-0.39, 0.29) is 67.6 Å². The van der Waals surface area contributed by atoms with Gasteiger partial charge in [0.05, 0.1) is 50.3 Å². The second-order valence-electron chi connectivity index (χ2n) is 9.91. The van der Waals surface area contributed by atoms with Crippen LogP contribution in [0.25, 0.3) is 0 Å². The minimum atomic E-state index is -0.617. The number of rotatable bonds is 18. The molecule has 12 nitrogen and oxygen atoms in total. The number of hydrogen-bond donors (Lipinski definition) is 5. The zero-order valence-electron chi connectivity index (χ0n) is 22.3. The number of hydrogen-bond acceptors (Lipinski definition) is 9. The number of likely N-dealkylation sites (tertiary alicyclic amines) is 1. The summed E-state index contributed by atoms with van der Waals surface area (Å²) in [7, 11) is 0. The first-order valence-corrected chi connectivity index (χ1v) is 15.3. The largest absolute Gasteiger partial charge is 0.377 e. The number of nitrogens with zero attached hydrogens (tertiary/aromatic N) is 1. The van der Waals surface area contributed by atoms with E-state index in [0.717, 1.165) is 31.4 Å². The minimum absolute atomic E-state index is 0.0230. The van der Waals surface area contributed by atoms with Gasteiger partial charge >= 0.3 is 6.03 Å². The van der Waals surface area contributed by atoms with Crippen molar-refractivity contribution < 1.29 is 33.4 Å². The summed E-state index contributed by atoms with van der Waals surface area (Å²) in [6.07, 6.45) is 4.71. The lowest BCUT2D eigenvalue weighted by Gasteiger charge is -2.28. The van der Waals surface area contributed by atoms with Crippen LogP contribution in [0.3, 0.4) is 0 Å². The number of thioether (sulfide) groups is 1. The fraction of sp³-hybridized carbons (Fsp3) is 0.800. The van der Waals surface area contributed by atoms with E-state index in [9.17, 15) is 24.0 Å². The fourth-order valence-electron chi connectivity index (χ4n) is 4.77. The van der Waals surface area contributed by atoms with Crippen LogP contribution in [-0.2, 0) is 28.7 Å². The Hall–Kier alpha value is -2.03. The number of urea groups is 1. The standard InChI is InChI=1S/C25H41N5O7S2/c31-17-14-19(38)24(34)30(15-17)9-6-22(33)27-8-11-37-13-12-36-10-7-26-21(32)5-3-1-2-4-20-23-18(16-39-20)28-25(35)29-23/h18-20,23,38H,1-16H2,(H,26,32)(H,27,33)(H2,28,29,35). The molecule has 3 rings (SSSR count). The molecule has 0 spiro atoms. The number of nitrogens with one attached hydrogen (secondary N) is 4. The van der Waals surface area contributed by atoms with Crippen LogP contribution < -0.4 is 21.3 Å². The van der Waals surface area contributed by atoms with E-state index in [1.165, 1.54) is 4.90 Å². The van der Waals surface area contributed by atoms with E-state index < -0.39 is 5.25 Å². The lowest BCUT2D eigenvalue weighted by molar-refractivity contribution is -0.140. The maximum Gasteiger partial charge on any atom is 0.315 e. The highest BCUT2D eigenvalue weighted by Gasteiger charge is 2.42. The molecule has 3 fully saturated rings. The monoisotopic (exact) mass is 587 g/mol. The lowest BCUT2D eigenvalue weighted by Crippen LogP contribution is -2.47. The summed E-state index contributed by atoms with van der Waals surface area (Å²) < 4.78 is 10.9. The third-order valence-electron chi connectivity index (χ3n) is 6.83. The first-order valence-electron chi connectivity index (χ1n) is 13.7. The number of thiol groups is 1. The Morgan fingerprint density at radius 3 is 2.36 bits per heavy atom. The number of carbonyl (C=O) groups excluding carboxylic acids is 5. The molecular weight excluding hydrogens is 546 g/mol. The molecule has 0 aromatic carbocycles. The molecule has 14 heteroatoms. The highest BCUT2D eigenvalue weighted by Crippen LogP contribution is 2.33. The molecular formula is C25H41N5O7S2. The van der Waals surface area contributed by atoms with Crippen molar-refractivity contribution in [1.29, 1.82) is 0 Å². The van der Waals surface area contributed by atoms with Gasteiger partial charge < -0.3 is 35.6 Å². The van der Waals surface area contributed by atoms with Gasteiger partial charge in [0.2, 0.25) is 17.7 Å². The smallest absolute Gasteiger partial charge is 0.315 e. The maximum atomic E-state index is 12.0. The average molecular weight is 588 g/mol. The van der Waals surface area contributed by atoms with Crippen LogP contribution in [0.1, 0.15) is 44.9 Å². The van der Waals surface area contributed by atoms with Gasteiger partial charge in [-0.25, -0.2) is 4.79 Å². The number of fused-ring (bicyclic) bond motifs is 1. The number of piperidine rings is 1. The van der Waals surface area contributed by atoms with Crippen molar-refractivity contribution in [2.45, 2.75) is 67.5 Å². The van der Waals surface area contributed by atoms with Gasteiger partial charge in [-0.15, -0.1) is 0 Å². The van der Waals surface area contributed by atoms with Crippen molar-refractivity contribution in [2.24, 2.45) is 0 Å². The fourth-order valence-corrected chi connectivity index (χ4v) is 6.68. The van der Waals surface area contributed by atoms with Gasteiger partial charge in [-0.1, -0.05) is 12.8 Å². The summed E-state index contributed by atoms with van der Waals surface area (Å²) >= 11 is 6.03. The van der Waals surface area contributed by atoms with E-state index >= 15 is 0 Å². The number of amides is 5. The van der Waals surface area contributed by atoms with Crippen LogP contribution in [-0.4, -0.2) is 115 Å². The first-order chi connectivity index (χ1) is 18.8. The van der Waals surface area contributed by atoms with Crippen LogP contribution in [0.4, 0.5) is 4.79 Å². The highest BCUT2D eigenvalue weighted by atomic mass is 32.2. The molecule has 3 saturated heterocycles. The Morgan fingerprint density at radius 1 is 0.949 bits per heavy atom. The van der Waals surface area contributed by atoms with Gasteiger partial charge in [-0.3, -0.25) is 19.2 Å².